The van der Waals surface area contributed by atoms with Crippen molar-refractivity contribution in [2.45, 2.75) is 24.6 Å². The number of carbonyl (C=O) groups excluding carboxylic acids is 1. The van der Waals surface area contributed by atoms with Gasteiger partial charge in [0.1, 0.15) is 12.2 Å². The maximum atomic E-state index is 13.6. The standard InChI is InChI=1S/C21H21FN4OS.C2HF3O2/c22-7-11-26-17-3-1-8-23-20(17)25-9-2-4-18(25)21(26)6-10-24(15-21)19(27)13-16-5-12-28-14-16;3-2(4,5)1(6)7/h1-5,8-9,12,14H,6-7,10-11,13,15H2;(H,6,7). The van der Waals surface area contributed by atoms with Gasteiger partial charge >= 0.3 is 12.1 Å². The van der Waals surface area contributed by atoms with Gasteiger partial charge in [-0.3, -0.25) is 4.79 Å². The molecule has 1 amide bonds. The fourth-order valence-corrected chi connectivity index (χ4v) is 5.30. The maximum Gasteiger partial charge on any atom is 0.490 e. The third-order valence-corrected chi connectivity index (χ3v) is 6.85. The molecule has 186 valence electrons. The molecule has 0 saturated carbocycles. The maximum absolute atomic E-state index is 13.6. The largest absolute Gasteiger partial charge is 0.490 e. The molecule has 2 aliphatic rings. The summed E-state index contributed by atoms with van der Waals surface area (Å²) in [4.78, 5) is 30.4. The van der Waals surface area contributed by atoms with Crippen LogP contribution in [-0.4, -0.2) is 63.9 Å². The second-order valence-electron chi connectivity index (χ2n) is 8.16. The molecule has 0 aromatic carbocycles. The highest BCUT2D eigenvalue weighted by Gasteiger charge is 2.50. The molecule has 7 nitrogen and oxygen atoms in total. The summed E-state index contributed by atoms with van der Waals surface area (Å²) in [6, 6.07) is 9.97. The van der Waals surface area contributed by atoms with Crippen LogP contribution in [0.2, 0.25) is 0 Å². The molecule has 35 heavy (non-hydrogen) atoms. The Kier molecular flexibility index (Phi) is 6.84. The van der Waals surface area contributed by atoms with Crippen molar-refractivity contribution in [3.8, 4) is 5.82 Å². The van der Waals surface area contributed by atoms with Crippen LogP contribution < -0.4 is 4.90 Å². The van der Waals surface area contributed by atoms with Crippen molar-refractivity contribution in [2.75, 3.05) is 31.2 Å². The molecule has 1 fully saturated rings. The molecule has 0 aliphatic carbocycles. The van der Waals surface area contributed by atoms with Gasteiger partial charge in [-0.05, 0) is 53.1 Å². The minimum Gasteiger partial charge on any atom is -0.475 e. The quantitative estimate of drug-likeness (QED) is 0.537. The summed E-state index contributed by atoms with van der Waals surface area (Å²) in [6.45, 7) is 1.08. The molecule has 2 aliphatic heterocycles. The van der Waals surface area contributed by atoms with Gasteiger partial charge in [0.05, 0.1) is 17.8 Å². The highest BCUT2D eigenvalue weighted by atomic mass is 32.1. The molecular formula is C23H22F4N4O3S. The summed E-state index contributed by atoms with van der Waals surface area (Å²) in [5.74, 6) is -1.80. The van der Waals surface area contributed by atoms with Gasteiger partial charge in [0.15, 0.2) is 5.82 Å². The zero-order valence-corrected chi connectivity index (χ0v) is 19.2. The number of aromatic nitrogens is 2. The number of fused-ring (bicyclic) bond motifs is 4. The number of rotatable bonds is 4. The number of hydrogen-bond acceptors (Lipinski definition) is 5. The van der Waals surface area contributed by atoms with Crippen LogP contribution in [0.3, 0.4) is 0 Å². The number of likely N-dealkylation sites (tertiary alicyclic amines) is 1. The highest BCUT2D eigenvalue weighted by molar-refractivity contribution is 7.08. The van der Waals surface area contributed by atoms with E-state index in [4.69, 9.17) is 9.90 Å². The van der Waals surface area contributed by atoms with E-state index in [9.17, 15) is 22.4 Å². The number of anilines is 1. The summed E-state index contributed by atoms with van der Waals surface area (Å²) in [5, 5.41) is 11.1. The van der Waals surface area contributed by atoms with E-state index in [1.165, 1.54) is 0 Å². The van der Waals surface area contributed by atoms with E-state index in [-0.39, 0.29) is 12.5 Å². The third-order valence-electron chi connectivity index (χ3n) is 6.11. The van der Waals surface area contributed by atoms with Crippen molar-refractivity contribution < 1.29 is 32.3 Å². The Bertz CT molecular complexity index is 1200. The summed E-state index contributed by atoms with van der Waals surface area (Å²) >= 11 is 1.61. The zero-order valence-electron chi connectivity index (χ0n) is 18.4. The van der Waals surface area contributed by atoms with Crippen LogP contribution in [0.5, 0.6) is 0 Å². The Morgan fingerprint density at radius 2 is 1.97 bits per heavy atom. The monoisotopic (exact) mass is 510 g/mol. The lowest BCUT2D eigenvalue weighted by Crippen LogP contribution is -2.53. The predicted octanol–water partition coefficient (Wildman–Crippen LogP) is 4.03. The van der Waals surface area contributed by atoms with Crippen LogP contribution in [0.1, 0.15) is 17.7 Å². The Morgan fingerprint density at radius 1 is 1.20 bits per heavy atom. The average Bonchev–Trinajstić information content (AvgIpc) is 3.58. The van der Waals surface area contributed by atoms with E-state index in [0.717, 1.165) is 29.2 Å². The molecule has 1 N–H and O–H groups in total. The molecule has 1 saturated heterocycles. The van der Waals surface area contributed by atoms with Gasteiger partial charge in [0, 0.05) is 32.0 Å². The van der Waals surface area contributed by atoms with E-state index in [2.05, 4.69) is 20.5 Å². The van der Waals surface area contributed by atoms with Gasteiger partial charge in [0.25, 0.3) is 0 Å². The minimum absolute atomic E-state index is 0.130. The molecule has 12 heteroatoms. The zero-order chi connectivity index (χ0) is 25.2. The number of carboxylic acids is 1. The smallest absolute Gasteiger partial charge is 0.475 e. The number of pyridine rings is 1. The normalized spacial score (nSPS) is 18.6. The van der Waals surface area contributed by atoms with E-state index in [1.54, 1.807) is 17.5 Å². The summed E-state index contributed by atoms with van der Waals surface area (Å²) < 4.78 is 47.4. The van der Waals surface area contributed by atoms with Gasteiger partial charge < -0.3 is 19.5 Å². The van der Waals surface area contributed by atoms with E-state index >= 15 is 0 Å². The lowest BCUT2D eigenvalue weighted by atomic mass is 9.89. The number of carboxylic acid groups (broad SMARTS) is 1. The molecule has 1 spiro atoms. The molecule has 5 heterocycles. The Morgan fingerprint density at radius 3 is 2.63 bits per heavy atom. The molecule has 3 aromatic heterocycles. The van der Waals surface area contributed by atoms with Crippen molar-refractivity contribution in [3.63, 3.8) is 0 Å². The minimum atomic E-state index is -5.08. The number of hydrogen-bond donors (Lipinski definition) is 1. The number of aliphatic carboxylic acids is 1. The topological polar surface area (TPSA) is 78.7 Å². The first-order valence-corrected chi connectivity index (χ1v) is 11.7. The van der Waals surface area contributed by atoms with Crippen LogP contribution in [-0.2, 0) is 21.5 Å². The number of amides is 1. The van der Waals surface area contributed by atoms with E-state index in [0.29, 0.717) is 19.5 Å². The van der Waals surface area contributed by atoms with Crippen molar-refractivity contribution in [1.82, 2.24) is 14.5 Å². The Labute approximate surface area is 202 Å². The Balaban J connectivity index is 0.000000364. The number of halogens is 4. The van der Waals surface area contributed by atoms with Crippen LogP contribution in [0.4, 0.5) is 23.2 Å². The second kappa shape index (κ2) is 9.68. The Hall–Kier alpha value is -3.41. The highest BCUT2D eigenvalue weighted by Crippen LogP contribution is 2.46. The fourth-order valence-electron chi connectivity index (χ4n) is 4.63. The summed E-state index contributed by atoms with van der Waals surface area (Å²) in [5.41, 5.74) is 2.64. The van der Waals surface area contributed by atoms with E-state index in [1.807, 2.05) is 46.1 Å². The van der Waals surface area contributed by atoms with Crippen molar-refractivity contribution in [3.05, 3.63) is 64.7 Å². The number of nitrogens with zero attached hydrogens (tertiary/aromatic N) is 4. The van der Waals surface area contributed by atoms with Crippen LogP contribution >= 0.6 is 11.3 Å². The van der Waals surface area contributed by atoms with Crippen molar-refractivity contribution in [1.29, 1.82) is 0 Å². The lowest BCUT2D eigenvalue weighted by molar-refractivity contribution is -0.192. The first-order chi connectivity index (χ1) is 16.7. The molecule has 3 aromatic rings. The fraction of sp³-hybridized carbons (Fsp3) is 0.348. The second-order valence-corrected chi connectivity index (χ2v) is 8.94. The molecule has 1 atom stereocenters. The van der Waals surface area contributed by atoms with Gasteiger partial charge in [-0.25, -0.2) is 14.2 Å². The van der Waals surface area contributed by atoms with Crippen LogP contribution in [0.25, 0.3) is 5.82 Å². The molecule has 5 rings (SSSR count). The van der Waals surface area contributed by atoms with Gasteiger partial charge in [0.2, 0.25) is 5.91 Å². The third kappa shape index (κ3) is 4.75. The first-order valence-electron chi connectivity index (χ1n) is 10.7. The molecule has 0 bridgehead atoms. The predicted molar refractivity (Wildman–Crippen MR) is 121 cm³/mol. The average molecular weight is 511 g/mol. The van der Waals surface area contributed by atoms with Crippen molar-refractivity contribution in [2.24, 2.45) is 0 Å². The van der Waals surface area contributed by atoms with E-state index < -0.39 is 24.4 Å². The van der Waals surface area contributed by atoms with Crippen molar-refractivity contribution >= 4 is 28.9 Å². The van der Waals surface area contributed by atoms with Gasteiger partial charge in [-0.1, -0.05) is 0 Å². The molecule has 0 radical (unpaired) electrons. The summed E-state index contributed by atoms with van der Waals surface area (Å²) in [7, 11) is 0. The first kappa shape index (κ1) is 24.7. The molecular weight excluding hydrogens is 488 g/mol. The number of carbonyl (C=O) groups is 2. The van der Waals surface area contributed by atoms with Gasteiger partial charge in [-0.15, -0.1) is 0 Å². The summed E-state index contributed by atoms with van der Waals surface area (Å²) in [6.07, 6.45) is -0.117. The van der Waals surface area contributed by atoms with Crippen LogP contribution in [0.15, 0.2) is 53.5 Å². The molecule has 1 unspecified atom stereocenters. The number of alkyl halides is 4. The SMILES string of the molecule is O=C(Cc1ccsc1)N1CCC2(C1)c1cccn1-c1ncccc1N2CCF.O=C(O)C(F)(F)F. The van der Waals surface area contributed by atoms with Crippen LogP contribution in [0, 0.1) is 0 Å². The lowest BCUT2D eigenvalue weighted by Gasteiger charge is -2.46. The van der Waals surface area contributed by atoms with Gasteiger partial charge in [-0.2, -0.15) is 24.5 Å². The number of thiophene rings is 1.